The number of carbonyl (C=O) groups is 2. The Balaban J connectivity index is 1.69. The van der Waals surface area contributed by atoms with E-state index in [1.54, 1.807) is 10.8 Å². The fourth-order valence-corrected chi connectivity index (χ4v) is 4.13. The number of methoxy groups -OCH3 is 1. The van der Waals surface area contributed by atoms with Gasteiger partial charge in [-0.25, -0.2) is 0 Å². The van der Waals surface area contributed by atoms with Crippen molar-refractivity contribution in [3.05, 3.63) is 56.8 Å². The summed E-state index contributed by atoms with van der Waals surface area (Å²) in [6, 6.07) is 6.55. The van der Waals surface area contributed by atoms with Crippen molar-refractivity contribution in [1.29, 1.82) is 0 Å². The molecule has 0 bridgehead atoms. The van der Waals surface area contributed by atoms with E-state index in [2.05, 4.69) is 15.3 Å². The zero-order valence-corrected chi connectivity index (χ0v) is 18.8. The summed E-state index contributed by atoms with van der Waals surface area (Å²) in [5, 5.41) is 27.8. The minimum Gasteiger partial charge on any atom is -0.469 e. The van der Waals surface area contributed by atoms with Gasteiger partial charge in [-0.15, -0.1) is 0 Å². The molecule has 3 atom stereocenters. The standard InChI is InChI=1S/C22H27N5O7/c1-34-22(29)11-7-16(6-10-21(28)25-13-12-15-4-2-3-5-19(15)25)23-24-18-9-8-17(26(30)31)14-20(18)27(32)33/h2-5,12-13,17-18,20,24H,6-11,14H2,1H3/b23-16-. The lowest BCUT2D eigenvalue weighted by Gasteiger charge is -2.27. The fourth-order valence-electron chi connectivity index (χ4n) is 4.13. The summed E-state index contributed by atoms with van der Waals surface area (Å²) in [7, 11) is 1.27. The number of hydrazone groups is 1. The van der Waals surface area contributed by atoms with Gasteiger partial charge in [0.2, 0.25) is 18.0 Å². The Kier molecular flexibility index (Phi) is 8.28. The highest BCUT2D eigenvalue weighted by Gasteiger charge is 2.43. The second-order valence-electron chi connectivity index (χ2n) is 8.23. The van der Waals surface area contributed by atoms with Crippen LogP contribution in [0.4, 0.5) is 0 Å². The van der Waals surface area contributed by atoms with Crippen LogP contribution in [0.3, 0.4) is 0 Å². The number of fused-ring (bicyclic) bond motifs is 1. The van der Waals surface area contributed by atoms with Crippen LogP contribution in [0, 0.1) is 20.2 Å². The van der Waals surface area contributed by atoms with Gasteiger partial charge < -0.3 is 10.2 Å². The van der Waals surface area contributed by atoms with Gasteiger partial charge in [0.15, 0.2) is 0 Å². The monoisotopic (exact) mass is 473 g/mol. The first kappa shape index (κ1) is 24.8. The molecular weight excluding hydrogens is 446 g/mol. The van der Waals surface area contributed by atoms with Crippen molar-refractivity contribution in [1.82, 2.24) is 9.99 Å². The van der Waals surface area contributed by atoms with Crippen molar-refractivity contribution < 1.29 is 24.2 Å². The third-order valence-corrected chi connectivity index (χ3v) is 6.09. The van der Waals surface area contributed by atoms with Gasteiger partial charge in [-0.1, -0.05) is 18.2 Å². The number of para-hydroxylation sites is 1. The molecule has 1 heterocycles. The van der Waals surface area contributed by atoms with Gasteiger partial charge in [0, 0.05) is 40.0 Å². The molecule has 1 aromatic heterocycles. The lowest BCUT2D eigenvalue weighted by molar-refractivity contribution is -0.570. The van der Waals surface area contributed by atoms with Crippen LogP contribution in [-0.2, 0) is 9.53 Å². The number of esters is 1. The largest absolute Gasteiger partial charge is 0.469 e. The number of hydrogen-bond donors (Lipinski definition) is 1. The molecular formula is C22H27N5O7. The molecule has 1 saturated carbocycles. The number of nitrogens with one attached hydrogen (secondary N) is 1. The molecule has 1 aromatic carbocycles. The van der Waals surface area contributed by atoms with Crippen molar-refractivity contribution >= 4 is 28.5 Å². The average Bonchev–Trinajstić information content (AvgIpc) is 3.27. The Hall–Kier alpha value is -3.83. The molecule has 12 nitrogen and oxygen atoms in total. The van der Waals surface area contributed by atoms with Crippen molar-refractivity contribution in [2.24, 2.45) is 5.10 Å². The van der Waals surface area contributed by atoms with Crippen molar-refractivity contribution in [2.75, 3.05) is 7.11 Å². The zero-order valence-electron chi connectivity index (χ0n) is 18.8. The van der Waals surface area contributed by atoms with Crippen LogP contribution in [-0.4, -0.2) is 57.2 Å². The Labute approximate surface area is 195 Å². The third kappa shape index (κ3) is 6.15. The van der Waals surface area contributed by atoms with Gasteiger partial charge in [0.1, 0.15) is 6.04 Å². The maximum atomic E-state index is 12.8. The quantitative estimate of drug-likeness (QED) is 0.239. The number of aromatic nitrogens is 1. The van der Waals surface area contributed by atoms with Crippen LogP contribution >= 0.6 is 0 Å². The normalized spacial score (nSPS) is 20.6. The summed E-state index contributed by atoms with van der Waals surface area (Å²) in [6.45, 7) is 0. The first-order valence-corrected chi connectivity index (χ1v) is 11.0. The maximum absolute atomic E-state index is 12.8. The van der Waals surface area contributed by atoms with Crippen molar-refractivity contribution in [3.63, 3.8) is 0 Å². The Morgan fingerprint density at radius 3 is 2.53 bits per heavy atom. The number of nitrogens with zero attached hydrogens (tertiary/aromatic N) is 4. The Morgan fingerprint density at radius 1 is 1.09 bits per heavy atom. The second-order valence-corrected chi connectivity index (χ2v) is 8.23. The van der Waals surface area contributed by atoms with E-state index in [9.17, 15) is 29.8 Å². The smallest absolute Gasteiger partial charge is 0.305 e. The fraction of sp³-hybridized carbons (Fsp3) is 0.500. The van der Waals surface area contributed by atoms with E-state index in [1.807, 2.05) is 30.3 Å². The summed E-state index contributed by atoms with van der Waals surface area (Å²) < 4.78 is 6.23. The maximum Gasteiger partial charge on any atom is 0.305 e. The molecule has 182 valence electrons. The van der Waals surface area contributed by atoms with Crippen LogP contribution < -0.4 is 5.43 Å². The number of nitro groups is 2. The van der Waals surface area contributed by atoms with Gasteiger partial charge in [0.25, 0.3) is 0 Å². The van der Waals surface area contributed by atoms with E-state index < -0.39 is 33.9 Å². The SMILES string of the molecule is COC(=O)CC/C(CCC(=O)n1ccc2ccccc21)=N\NC1CCC([N+](=O)[O-])CC1[N+](=O)[O-]. The number of hydrogen-bond acceptors (Lipinski definition) is 9. The number of carbonyl (C=O) groups excluding carboxylic acids is 2. The van der Waals surface area contributed by atoms with E-state index >= 15 is 0 Å². The molecule has 1 fully saturated rings. The van der Waals surface area contributed by atoms with E-state index in [-0.39, 0.29) is 50.9 Å². The van der Waals surface area contributed by atoms with Crippen molar-refractivity contribution in [3.8, 4) is 0 Å². The molecule has 0 spiro atoms. The summed E-state index contributed by atoms with van der Waals surface area (Å²) in [5.74, 6) is -0.591. The average molecular weight is 473 g/mol. The molecule has 0 amide bonds. The van der Waals surface area contributed by atoms with E-state index in [4.69, 9.17) is 0 Å². The predicted molar refractivity (Wildman–Crippen MR) is 123 cm³/mol. The molecule has 3 unspecified atom stereocenters. The molecule has 1 aliphatic rings. The van der Waals surface area contributed by atoms with E-state index in [0.717, 1.165) is 10.9 Å². The summed E-state index contributed by atoms with van der Waals surface area (Å²) >= 11 is 0. The first-order valence-electron chi connectivity index (χ1n) is 11.0. The second kappa shape index (κ2) is 11.3. The van der Waals surface area contributed by atoms with Crippen molar-refractivity contribution in [2.45, 2.75) is 63.1 Å². The highest BCUT2D eigenvalue weighted by molar-refractivity contribution is 5.95. The highest BCUT2D eigenvalue weighted by Crippen LogP contribution is 2.24. The van der Waals surface area contributed by atoms with Crippen LogP contribution in [0.1, 0.15) is 49.7 Å². The van der Waals surface area contributed by atoms with Gasteiger partial charge in [-0.2, -0.15) is 5.10 Å². The molecule has 34 heavy (non-hydrogen) atoms. The summed E-state index contributed by atoms with van der Waals surface area (Å²) in [5.41, 5.74) is 4.08. The molecule has 2 aromatic rings. The number of ether oxygens (including phenoxy) is 1. The zero-order chi connectivity index (χ0) is 24.7. The van der Waals surface area contributed by atoms with Crippen LogP contribution in [0.2, 0.25) is 0 Å². The van der Waals surface area contributed by atoms with Gasteiger partial charge >= 0.3 is 5.97 Å². The van der Waals surface area contributed by atoms with E-state index in [0.29, 0.717) is 5.71 Å². The van der Waals surface area contributed by atoms with E-state index in [1.165, 1.54) is 7.11 Å². The van der Waals surface area contributed by atoms with Gasteiger partial charge in [-0.3, -0.25) is 34.4 Å². The van der Waals surface area contributed by atoms with Crippen LogP contribution in [0.5, 0.6) is 0 Å². The molecule has 1 aliphatic carbocycles. The lowest BCUT2D eigenvalue weighted by atomic mass is 9.88. The molecule has 0 radical (unpaired) electrons. The molecule has 1 N–H and O–H groups in total. The Bertz CT molecular complexity index is 1100. The highest BCUT2D eigenvalue weighted by atomic mass is 16.6. The predicted octanol–water partition coefficient (Wildman–Crippen LogP) is 2.80. The number of rotatable bonds is 10. The topological polar surface area (TPSA) is 159 Å². The molecule has 0 saturated heterocycles. The first-order chi connectivity index (χ1) is 16.3. The number of benzene rings is 1. The van der Waals surface area contributed by atoms with Gasteiger partial charge in [-0.05, 0) is 31.4 Å². The molecule has 0 aliphatic heterocycles. The molecule has 3 rings (SSSR count). The minimum atomic E-state index is -1.15. The van der Waals surface area contributed by atoms with Crippen LogP contribution in [0.25, 0.3) is 10.9 Å². The Morgan fingerprint density at radius 2 is 1.82 bits per heavy atom. The minimum absolute atomic E-state index is 0.0460. The lowest BCUT2D eigenvalue weighted by Crippen LogP contribution is -2.49. The summed E-state index contributed by atoms with van der Waals surface area (Å²) in [4.78, 5) is 46.0. The third-order valence-electron chi connectivity index (χ3n) is 6.09. The van der Waals surface area contributed by atoms with Gasteiger partial charge in [0.05, 0.1) is 25.5 Å². The summed E-state index contributed by atoms with van der Waals surface area (Å²) in [6.07, 6.45) is 2.57. The van der Waals surface area contributed by atoms with Crippen LogP contribution in [0.15, 0.2) is 41.6 Å². The molecule has 12 heteroatoms.